The smallest absolute Gasteiger partial charge is 0.236 e. The molecule has 2 fully saturated rings. The van der Waals surface area contributed by atoms with Gasteiger partial charge in [-0.2, -0.15) is 0 Å². The molecular formula is C20H33Cl3N4O. The molecule has 1 aromatic rings. The standard InChI is InChI=1S/C20H31ClN4O.2ClH/c1-20(2)15-24(7-6-18(20)22)14-19(26)25-10-8-23(9-11-25)13-16-4-3-5-17(21)12-16;;/h3-5,12,18H,6-11,13-15,22H2,1-2H3;2*1H. The second-order valence-corrected chi connectivity index (χ2v) is 8.82. The van der Waals surface area contributed by atoms with E-state index in [-0.39, 0.29) is 42.2 Å². The van der Waals surface area contributed by atoms with Gasteiger partial charge in [0.1, 0.15) is 0 Å². The van der Waals surface area contributed by atoms with E-state index in [1.807, 2.05) is 23.1 Å². The van der Waals surface area contributed by atoms with E-state index < -0.39 is 0 Å². The summed E-state index contributed by atoms with van der Waals surface area (Å²) in [5.41, 5.74) is 7.50. The zero-order valence-corrected chi connectivity index (χ0v) is 19.2. The minimum atomic E-state index is 0. The average molecular weight is 452 g/mol. The molecule has 1 aromatic carbocycles. The molecule has 0 bridgehead atoms. The normalized spacial score (nSPS) is 22.9. The van der Waals surface area contributed by atoms with Crippen molar-refractivity contribution < 1.29 is 4.79 Å². The minimum absolute atomic E-state index is 0. The van der Waals surface area contributed by atoms with E-state index in [1.54, 1.807) is 0 Å². The summed E-state index contributed by atoms with van der Waals surface area (Å²) in [7, 11) is 0. The Kier molecular flexibility index (Phi) is 10.0. The lowest BCUT2D eigenvalue weighted by Gasteiger charge is -2.43. The number of piperazine rings is 1. The molecule has 2 aliphatic rings. The van der Waals surface area contributed by atoms with Crippen molar-refractivity contribution in [1.29, 1.82) is 0 Å². The van der Waals surface area contributed by atoms with Gasteiger partial charge in [0.05, 0.1) is 6.54 Å². The number of nitrogens with two attached hydrogens (primary N) is 1. The van der Waals surface area contributed by atoms with E-state index in [2.05, 4.69) is 29.7 Å². The summed E-state index contributed by atoms with van der Waals surface area (Å²) < 4.78 is 0. The number of piperidine rings is 1. The topological polar surface area (TPSA) is 52.8 Å². The number of amides is 1. The van der Waals surface area contributed by atoms with E-state index in [0.717, 1.165) is 57.3 Å². The number of halogens is 3. The number of benzene rings is 1. The first-order valence-electron chi connectivity index (χ1n) is 9.56. The molecule has 0 spiro atoms. The quantitative estimate of drug-likeness (QED) is 0.765. The van der Waals surface area contributed by atoms with Gasteiger partial charge in [-0.3, -0.25) is 14.6 Å². The fourth-order valence-corrected chi connectivity index (χ4v) is 4.17. The zero-order chi connectivity index (χ0) is 18.7. The summed E-state index contributed by atoms with van der Waals surface area (Å²) in [6.07, 6.45) is 0.966. The van der Waals surface area contributed by atoms with Crippen molar-refractivity contribution in [2.45, 2.75) is 32.9 Å². The summed E-state index contributed by atoms with van der Waals surface area (Å²) in [6.45, 7) is 11.0. The average Bonchev–Trinajstić information content (AvgIpc) is 2.58. The van der Waals surface area contributed by atoms with Crippen LogP contribution in [0.15, 0.2) is 24.3 Å². The molecule has 1 atom stereocenters. The zero-order valence-electron chi connectivity index (χ0n) is 16.8. The largest absolute Gasteiger partial charge is 0.339 e. The van der Waals surface area contributed by atoms with Gasteiger partial charge >= 0.3 is 0 Å². The summed E-state index contributed by atoms with van der Waals surface area (Å²) >= 11 is 6.07. The first-order valence-corrected chi connectivity index (χ1v) is 9.94. The maximum atomic E-state index is 12.7. The van der Waals surface area contributed by atoms with Crippen LogP contribution < -0.4 is 5.73 Å². The SMILES string of the molecule is CC1(C)CN(CC(=O)N2CCN(Cc3cccc(Cl)c3)CC2)CCC1N.Cl.Cl. The number of likely N-dealkylation sites (tertiary alicyclic amines) is 1. The Morgan fingerprint density at radius 2 is 1.82 bits per heavy atom. The monoisotopic (exact) mass is 450 g/mol. The number of carbonyl (C=O) groups excluding carboxylic acids is 1. The lowest BCUT2D eigenvalue weighted by Crippen LogP contribution is -2.56. The molecule has 1 amide bonds. The Labute approximate surface area is 186 Å². The summed E-state index contributed by atoms with van der Waals surface area (Å²) in [4.78, 5) is 19.4. The number of hydrogen-bond acceptors (Lipinski definition) is 4. The Morgan fingerprint density at radius 3 is 2.43 bits per heavy atom. The second kappa shape index (κ2) is 11.0. The molecule has 2 saturated heterocycles. The first kappa shape index (κ1) is 25.5. The molecule has 2 heterocycles. The van der Waals surface area contributed by atoms with E-state index in [0.29, 0.717) is 6.54 Å². The fraction of sp³-hybridized carbons (Fsp3) is 0.650. The van der Waals surface area contributed by atoms with Crippen LogP contribution in [0.3, 0.4) is 0 Å². The number of nitrogens with zero attached hydrogens (tertiary/aromatic N) is 3. The molecule has 0 saturated carbocycles. The maximum Gasteiger partial charge on any atom is 0.236 e. The highest BCUT2D eigenvalue weighted by Gasteiger charge is 2.34. The van der Waals surface area contributed by atoms with Gasteiger partial charge in [0.15, 0.2) is 0 Å². The van der Waals surface area contributed by atoms with Crippen LogP contribution in [0.1, 0.15) is 25.8 Å². The summed E-state index contributed by atoms with van der Waals surface area (Å²) in [5.74, 6) is 0.249. The first-order chi connectivity index (χ1) is 12.3. The third-order valence-corrected chi connectivity index (χ3v) is 6.01. The van der Waals surface area contributed by atoms with Gasteiger partial charge in [0.25, 0.3) is 0 Å². The van der Waals surface area contributed by atoms with Crippen LogP contribution in [-0.4, -0.2) is 72.5 Å². The van der Waals surface area contributed by atoms with Crippen LogP contribution in [0.2, 0.25) is 5.02 Å². The molecule has 3 rings (SSSR count). The van der Waals surface area contributed by atoms with Gasteiger partial charge in [-0.05, 0) is 29.5 Å². The Morgan fingerprint density at radius 1 is 1.14 bits per heavy atom. The Balaban J connectivity index is 0.00000196. The van der Waals surface area contributed by atoms with Gasteiger partial charge in [-0.25, -0.2) is 0 Å². The van der Waals surface area contributed by atoms with E-state index in [4.69, 9.17) is 17.3 Å². The van der Waals surface area contributed by atoms with Gasteiger partial charge in [-0.15, -0.1) is 24.8 Å². The molecule has 2 N–H and O–H groups in total. The Hall–Kier alpha value is -0.560. The van der Waals surface area contributed by atoms with Crippen molar-refractivity contribution in [3.05, 3.63) is 34.9 Å². The molecule has 1 unspecified atom stereocenters. The predicted octanol–water partition coefficient (Wildman–Crippen LogP) is 2.89. The third kappa shape index (κ3) is 6.75. The van der Waals surface area contributed by atoms with Gasteiger partial charge in [0.2, 0.25) is 5.91 Å². The maximum absolute atomic E-state index is 12.7. The van der Waals surface area contributed by atoms with Crippen LogP contribution in [0, 0.1) is 5.41 Å². The van der Waals surface area contributed by atoms with Crippen molar-refractivity contribution in [3.8, 4) is 0 Å². The van der Waals surface area contributed by atoms with Crippen LogP contribution in [0.4, 0.5) is 0 Å². The number of rotatable bonds is 4. The molecular weight excluding hydrogens is 419 g/mol. The second-order valence-electron chi connectivity index (χ2n) is 8.38. The van der Waals surface area contributed by atoms with Crippen molar-refractivity contribution in [1.82, 2.24) is 14.7 Å². The van der Waals surface area contributed by atoms with Gasteiger partial charge < -0.3 is 10.6 Å². The van der Waals surface area contributed by atoms with Crippen LogP contribution >= 0.6 is 36.4 Å². The predicted molar refractivity (Wildman–Crippen MR) is 121 cm³/mol. The minimum Gasteiger partial charge on any atom is -0.339 e. The molecule has 0 aliphatic carbocycles. The van der Waals surface area contributed by atoms with Gasteiger partial charge in [-0.1, -0.05) is 37.6 Å². The van der Waals surface area contributed by atoms with Crippen LogP contribution in [-0.2, 0) is 11.3 Å². The van der Waals surface area contributed by atoms with Crippen LogP contribution in [0.25, 0.3) is 0 Å². The molecule has 160 valence electrons. The van der Waals surface area contributed by atoms with E-state index in [1.165, 1.54) is 5.56 Å². The summed E-state index contributed by atoms with van der Waals surface area (Å²) in [5, 5.41) is 0.778. The number of carbonyl (C=O) groups is 1. The van der Waals surface area contributed by atoms with E-state index in [9.17, 15) is 4.79 Å². The third-order valence-electron chi connectivity index (χ3n) is 5.77. The molecule has 28 heavy (non-hydrogen) atoms. The lowest BCUT2D eigenvalue weighted by molar-refractivity contribution is -0.135. The number of hydrogen-bond donors (Lipinski definition) is 1. The Bertz CT molecular complexity index is 636. The highest BCUT2D eigenvalue weighted by Crippen LogP contribution is 2.27. The highest BCUT2D eigenvalue weighted by atomic mass is 35.5. The van der Waals surface area contributed by atoms with E-state index >= 15 is 0 Å². The van der Waals surface area contributed by atoms with Crippen LogP contribution in [0.5, 0.6) is 0 Å². The molecule has 8 heteroatoms. The fourth-order valence-electron chi connectivity index (χ4n) is 3.96. The van der Waals surface area contributed by atoms with Crippen molar-refractivity contribution in [2.24, 2.45) is 11.1 Å². The molecule has 5 nitrogen and oxygen atoms in total. The van der Waals surface area contributed by atoms with Crippen molar-refractivity contribution >= 4 is 42.3 Å². The molecule has 0 aromatic heterocycles. The van der Waals surface area contributed by atoms with Gasteiger partial charge in [0, 0.05) is 56.9 Å². The summed E-state index contributed by atoms with van der Waals surface area (Å²) in [6, 6.07) is 8.23. The lowest BCUT2D eigenvalue weighted by atomic mass is 9.80. The van der Waals surface area contributed by atoms with Crippen molar-refractivity contribution in [3.63, 3.8) is 0 Å². The highest BCUT2D eigenvalue weighted by molar-refractivity contribution is 6.30. The van der Waals surface area contributed by atoms with Crippen molar-refractivity contribution in [2.75, 3.05) is 45.8 Å². The molecule has 0 radical (unpaired) electrons. The molecule has 2 aliphatic heterocycles.